The predicted octanol–water partition coefficient (Wildman–Crippen LogP) is 2.47. The van der Waals surface area contributed by atoms with Gasteiger partial charge in [-0.25, -0.2) is 4.39 Å². The SMILES string of the molecule is Cc1ccc(CN2CC(C(=O)NCC(C(=O)O)c3ccc(F)cc3)CC2=O)cc1. The summed E-state index contributed by atoms with van der Waals surface area (Å²) >= 11 is 0. The molecule has 0 saturated carbocycles. The molecule has 0 aliphatic carbocycles. The lowest BCUT2D eigenvalue weighted by Crippen LogP contribution is -2.37. The van der Waals surface area contributed by atoms with Gasteiger partial charge in [0.25, 0.3) is 0 Å². The van der Waals surface area contributed by atoms with Gasteiger partial charge < -0.3 is 15.3 Å². The van der Waals surface area contributed by atoms with Crippen molar-refractivity contribution >= 4 is 17.8 Å². The summed E-state index contributed by atoms with van der Waals surface area (Å²) in [4.78, 5) is 38.0. The van der Waals surface area contributed by atoms with Gasteiger partial charge in [0.1, 0.15) is 5.82 Å². The Morgan fingerprint density at radius 2 is 1.83 bits per heavy atom. The van der Waals surface area contributed by atoms with Crippen LogP contribution >= 0.6 is 0 Å². The lowest BCUT2D eigenvalue weighted by atomic mass is 9.98. The summed E-state index contributed by atoms with van der Waals surface area (Å²) in [6.07, 6.45) is 0.103. The van der Waals surface area contributed by atoms with Crippen LogP contribution < -0.4 is 5.32 Å². The first kappa shape index (κ1) is 20.5. The summed E-state index contributed by atoms with van der Waals surface area (Å²) in [7, 11) is 0. The van der Waals surface area contributed by atoms with Crippen LogP contribution in [0.25, 0.3) is 0 Å². The van der Waals surface area contributed by atoms with Crippen LogP contribution in [0.1, 0.15) is 29.0 Å². The van der Waals surface area contributed by atoms with Crippen molar-refractivity contribution in [3.05, 3.63) is 71.0 Å². The molecule has 6 nitrogen and oxygen atoms in total. The van der Waals surface area contributed by atoms with Crippen LogP contribution in [0, 0.1) is 18.7 Å². The van der Waals surface area contributed by atoms with Crippen molar-refractivity contribution in [3.8, 4) is 0 Å². The molecule has 1 aliphatic rings. The molecule has 0 bridgehead atoms. The highest BCUT2D eigenvalue weighted by atomic mass is 19.1. The van der Waals surface area contributed by atoms with Gasteiger partial charge in [-0.05, 0) is 30.2 Å². The summed E-state index contributed by atoms with van der Waals surface area (Å²) in [5, 5.41) is 12.1. The highest BCUT2D eigenvalue weighted by Crippen LogP contribution is 2.21. The number of carbonyl (C=O) groups excluding carboxylic acids is 2. The molecule has 1 saturated heterocycles. The van der Waals surface area contributed by atoms with Gasteiger partial charge in [0, 0.05) is 26.1 Å². The predicted molar refractivity (Wildman–Crippen MR) is 104 cm³/mol. The minimum atomic E-state index is -1.11. The van der Waals surface area contributed by atoms with Crippen molar-refractivity contribution in [2.75, 3.05) is 13.1 Å². The topological polar surface area (TPSA) is 86.7 Å². The Kier molecular flexibility index (Phi) is 6.26. The normalized spacial score (nSPS) is 17.2. The molecule has 2 aromatic rings. The average molecular weight is 398 g/mol. The summed E-state index contributed by atoms with van der Waals surface area (Å²) in [6.45, 7) is 2.60. The molecule has 1 aliphatic heterocycles. The van der Waals surface area contributed by atoms with E-state index >= 15 is 0 Å². The lowest BCUT2D eigenvalue weighted by molar-refractivity contribution is -0.139. The van der Waals surface area contributed by atoms with Gasteiger partial charge in [0.15, 0.2) is 0 Å². The molecule has 1 heterocycles. The van der Waals surface area contributed by atoms with Crippen molar-refractivity contribution in [2.45, 2.75) is 25.8 Å². The number of benzene rings is 2. The maximum Gasteiger partial charge on any atom is 0.312 e. The fourth-order valence-electron chi connectivity index (χ4n) is 3.40. The number of aryl methyl sites for hydroxylation is 1. The summed E-state index contributed by atoms with van der Waals surface area (Å²) in [6, 6.07) is 13.0. The standard InChI is InChI=1S/C22H23FN2O4/c1-14-2-4-15(5-3-14)12-25-13-17(10-20(25)26)21(27)24-11-19(22(28)29)16-6-8-18(23)9-7-16/h2-9,17,19H,10-13H2,1H3,(H,24,27)(H,28,29). The van der Waals surface area contributed by atoms with Crippen LogP contribution in [0.5, 0.6) is 0 Å². The molecule has 2 atom stereocenters. The van der Waals surface area contributed by atoms with E-state index in [0.29, 0.717) is 18.7 Å². The Morgan fingerprint density at radius 3 is 2.45 bits per heavy atom. The molecular weight excluding hydrogens is 375 g/mol. The minimum absolute atomic E-state index is 0.0981. The summed E-state index contributed by atoms with van der Waals surface area (Å²) < 4.78 is 13.1. The molecule has 29 heavy (non-hydrogen) atoms. The molecule has 1 fully saturated rings. The van der Waals surface area contributed by atoms with Gasteiger partial charge in [-0.1, -0.05) is 42.0 Å². The Bertz CT molecular complexity index is 896. The summed E-state index contributed by atoms with van der Waals surface area (Å²) in [5.74, 6) is -3.52. The average Bonchev–Trinajstić information content (AvgIpc) is 3.05. The van der Waals surface area contributed by atoms with E-state index in [1.165, 1.54) is 24.3 Å². The number of carbonyl (C=O) groups is 3. The number of likely N-dealkylation sites (tertiary alicyclic amines) is 1. The van der Waals surface area contributed by atoms with Crippen molar-refractivity contribution in [2.24, 2.45) is 5.92 Å². The molecule has 2 N–H and O–H groups in total. The zero-order valence-electron chi connectivity index (χ0n) is 16.1. The zero-order valence-corrected chi connectivity index (χ0v) is 16.1. The van der Waals surface area contributed by atoms with Crippen LogP contribution in [0.4, 0.5) is 4.39 Å². The molecule has 7 heteroatoms. The molecule has 2 aromatic carbocycles. The number of halogens is 1. The van der Waals surface area contributed by atoms with E-state index < -0.39 is 23.6 Å². The van der Waals surface area contributed by atoms with Crippen molar-refractivity contribution in [1.82, 2.24) is 10.2 Å². The highest BCUT2D eigenvalue weighted by molar-refractivity contribution is 5.89. The van der Waals surface area contributed by atoms with E-state index in [9.17, 15) is 23.9 Å². The van der Waals surface area contributed by atoms with E-state index in [-0.39, 0.29) is 24.8 Å². The molecule has 152 valence electrons. The number of carboxylic acid groups (broad SMARTS) is 1. The number of nitrogens with zero attached hydrogens (tertiary/aromatic N) is 1. The number of hydrogen-bond donors (Lipinski definition) is 2. The molecule has 0 spiro atoms. The third-order valence-corrected chi connectivity index (χ3v) is 5.13. The van der Waals surface area contributed by atoms with Crippen LogP contribution in [-0.4, -0.2) is 40.9 Å². The number of rotatable bonds is 7. The van der Waals surface area contributed by atoms with E-state index in [1.54, 1.807) is 4.90 Å². The Balaban J connectivity index is 1.57. The van der Waals surface area contributed by atoms with Crippen LogP contribution in [0.15, 0.2) is 48.5 Å². The fourth-order valence-corrected chi connectivity index (χ4v) is 3.40. The third-order valence-electron chi connectivity index (χ3n) is 5.13. The van der Waals surface area contributed by atoms with E-state index in [4.69, 9.17) is 0 Å². The first-order chi connectivity index (χ1) is 13.8. The maximum absolute atomic E-state index is 13.1. The molecule has 3 rings (SSSR count). The molecular formula is C22H23FN2O4. The van der Waals surface area contributed by atoms with Crippen LogP contribution in [-0.2, 0) is 20.9 Å². The van der Waals surface area contributed by atoms with Crippen LogP contribution in [0.3, 0.4) is 0 Å². The fraction of sp³-hybridized carbons (Fsp3) is 0.318. The smallest absolute Gasteiger partial charge is 0.312 e. The second kappa shape index (κ2) is 8.86. The first-order valence-corrected chi connectivity index (χ1v) is 9.43. The monoisotopic (exact) mass is 398 g/mol. The Morgan fingerprint density at radius 1 is 1.17 bits per heavy atom. The van der Waals surface area contributed by atoms with Gasteiger partial charge >= 0.3 is 5.97 Å². The summed E-state index contributed by atoms with van der Waals surface area (Å²) in [5.41, 5.74) is 2.53. The zero-order chi connectivity index (χ0) is 21.0. The minimum Gasteiger partial charge on any atom is -0.481 e. The number of amides is 2. The largest absolute Gasteiger partial charge is 0.481 e. The first-order valence-electron chi connectivity index (χ1n) is 9.43. The van der Waals surface area contributed by atoms with Gasteiger partial charge in [-0.15, -0.1) is 0 Å². The van der Waals surface area contributed by atoms with Gasteiger partial charge in [0.05, 0.1) is 11.8 Å². The molecule has 2 amide bonds. The third kappa shape index (κ3) is 5.19. The van der Waals surface area contributed by atoms with Crippen LogP contribution in [0.2, 0.25) is 0 Å². The van der Waals surface area contributed by atoms with Crippen molar-refractivity contribution in [3.63, 3.8) is 0 Å². The van der Waals surface area contributed by atoms with Crippen molar-refractivity contribution in [1.29, 1.82) is 0 Å². The number of carboxylic acids is 1. The highest BCUT2D eigenvalue weighted by Gasteiger charge is 2.34. The molecule has 0 radical (unpaired) electrons. The Hall–Kier alpha value is -3.22. The van der Waals surface area contributed by atoms with Crippen molar-refractivity contribution < 1.29 is 23.9 Å². The lowest BCUT2D eigenvalue weighted by Gasteiger charge is -2.18. The molecule has 2 unspecified atom stereocenters. The van der Waals surface area contributed by atoms with Gasteiger partial charge in [-0.2, -0.15) is 0 Å². The Labute approximate surface area is 168 Å². The second-order valence-corrected chi connectivity index (χ2v) is 7.35. The second-order valence-electron chi connectivity index (χ2n) is 7.35. The quantitative estimate of drug-likeness (QED) is 0.750. The van der Waals surface area contributed by atoms with E-state index in [0.717, 1.165) is 11.1 Å². The number of aliphatic carboxylic acids is 1. The van der Waals surface area contributed by atoms with Gasteiger partial charge in [0.2, 0.25) is 11.8 Å². The van der Waals surface area contributed by atoms with E-state index in [1.807, 2.05) is 31.2 Å². The molecule has 0 aromatic heterocycles. The number of nitrogens with one attached hydrogen (secondary N) is 1. The van der Waals surface area contributed by atoms with E-state index in [2.05, 4.69) is 5.32 Å². The number of hydrogen-bond acceptors (Lipinski definition) is 3. The maximum atomic E-state index is 13.1. The van der Waals surface area contributed by atoms with Gasteiger partial charge in [-0.3, -0.25) is 14.4 Å².